The molecule has 0 heterocycles. The summed E-state index contributed by atoms with van der Waals surface area (Å²) in [6.07, 6.45) is 0. The smallest absolute Gasteiger partial charge is 0.319 e. The molecule has 0 bridgehead atoms. The number of aryl methyl sites for hydroxylation is 1. The Morgan fingerprint density at radius 3 is 1.81 bits per heavy atom. The third-order valence-corrected chi connectivity index (χ3v) is 4.54. The highest BCUT2D eigenvalue weighted by molar-refractivity contribution is 5.93. The van der Waals surface area contributed by atoms with Gasteiger partial charge in [0.2, 0.25) is 0 Å². The van der Waals surface area contributed by atoms with E-state index in [-0.39, 0.29) is 13.1 Å². The maximum Gasteiger partial charge on any atom is 0.319 e. The number of benzene rings is 3. The molecular weight excluding hydrogens is 402 g/mol. The van der Waals surface area contributed by atoms with Crippen LogP contribution >= 0.6 is 0 Å². The monoisotopic (exact) mass is 424 g/mol. The summed E-state index contributed by atoms with van der Waals surface area (Å²) in [5, 5.41) is 10.5. The predicted octanol–water partition coefficient (Wildman–Crippen LogP) is 4.92. The maximum absolute atomic E-state index is 13.7. The Bertz CT molecular complexity index is 1090. The Hall–Kier alpha value is -3.94. The van der Waals surface area contributed by atoms with Gasteiger partial charge in [-0.1, -0.05) is 42.5 Å². The van der Waals surface area contributed by atoms with Gasteiger partial charge in [0.1, 0.15) is 11.6 Å². The molecule has 6 nitrogen and oxygen atoms in total. The molecule has 0 radical (unpaired) electrons. The van der Waals surface area contributed by atoms with Crippen LogP contribution in [0.1, 0.15) is 16.7 Å². The van der Waals surface area contributed by atoms with E-state index in [0.29, 0.717) is 22.5 Å². The van der Waals surface area contributed by atoms with Crippen LogP contribution in [0.15, 0.2) is 66.7 Å². The topological polar surface area (TPSA) is 82.3 Å². The Labute approximate surface area is 178 Å². The van der Waals surface area contributed by atoms with Crippen molar-refractivity contribution in [1.82, 2.24) is 10.6 Å². The van der Waals surface area contributed by atoms with Crippen molar-refractivity contribution in [2.45, 2.75) is 20.0 Å². The van der Waals surface area contributed by atoms with Crippen molar-refractivity contribution in [2.75, 3.05) is 10.6 Å². The Balaban J connectivity index is 1.55. The molecule has 4 amide bonds. The molecule has 0 aliphatic carbocycles. The first-order chi connectivity index (χ1) is 14.9. The highest BCUT2D eigenvalue weighted by atomic mass is 19.1. The van der Waals surface area contributed by atoms with Gasteiger partial charge in [0.05, 0.1) is 0 Å². The van der Waals surface area contributed by atoms with Crippen LogP contribution in [-0.2, 0) is 13.1 Å². The Morgan fingerprint density at radius 1 is 0.742 bits per heavy atom. The number of amides is 4. The minimum absolute atomic E-state index is 0.0356. The molecule has 31 heavy (non-hydrogen) atoms. The summed E-state index contributed by atoms with van der Waals surface area (Å²) in [4.78, 5) is 24.3. The third-order valence-electron chi connectivity index (χ3n) is 4.54. The Morgan fingerprint density at radius 2 is 1.26 bits per heavy atom. The summed E-state index contributed by atoms with van der Waals surface area (Å²) in [7, 11) is 0. The van der Waals surface area contributed by atoms with Gasteiger partial charge in [-0.15, -0.1) is 0 Å². The van der Waals surface area contributed by atoms with Gasteiger partial charge in [0.25, 0.3) is 0 Å². The number of urea groups is 2. The molecule has 0 aliphatic heterocycles. The van der Waals surface area contributed by atoms with Crippen molar-refractivity contribution in [1.29, 1.82) is 0 Å². The zero-order valence-electron chi connectivity index (χ0n) is 16.8. The van der Waals surface area contributed by atoms with Crippen LogP contribution in [-0.4, -0.2) is 12.1 Å². The number of halogens is 2. The number of hydrogen-bond acceptors (Lipinski definition) is 2. The summed E-state index contributed by atoms with van der Waals surface area (Å²) in [5.74, 6) is -0.794. The van der Waals surface area contributed by atoms with E-state index < -0.39 is 23.7 Å². The molecule has 0 unspecified atom stereocenters. The highest BCUT2D eigenvalue weighted by Crippen LogP contribution is 2.20. The lowest BCUT2D eigenvalue weighted by atomic mass is 10.2. The molecule has 0 fully saturated rings. The fraction of sp³-hybridized carbons (Fsp3) is 0.130. The first-order valence-electron chi connectivity index (χ1n) is 9.59. The molecule has 3 aromatic rings. The Kier molecular flexibility index (Phi) is 7.16. The molecule has 0 atom stereocenters. The minimum Gasteiger partial charge on any atom is -0.334 e. The van der Waals surface area contributed by atoms with Gasteiger partial charge in [0, 0.05) is 35.6 Å². The third kappa shape index (κ3) is 6.27. The van der Waals surface area contributed by atoms with Crippen molar-refractivity contribution < 1.29 is 18.4 Å². The van der Waals surface area contributed by atoms with Gasteiger partial charge in [-0.05, 0) is 36.8 Å². The van der Waals surface area contributed by atoms with Gasteiger partial charge in [-0.25, -0.2) is 18.4 Å². The second kappa shape index (κ2) is 10.2. The fourth-order valence-electron chi connectivity index (χ4n) is 2.81. The zero-order chi connectivity index (χ0) is 22.2. The molecular formula is C23H22F2N4O2. The van der Waals surface area contributed by atoms with E-state index in [9.17, 15) is 18.4 Å². The molecule has 0 aliphatic rings. The molecule has 0 spiro atoms. The molecule has 160 valence electrons. The lowest BCUT2D eigenvalue weighted by Gasteiger charge is -2.13. The summed E-state index contributed by atoms with van der Waals surface area (Å²) < 4.78 is 27.3. The van der Waals surface area contributed by atoms with Gasteiger partial charge in [-0.2, -0.15) is 0 Å². The van der Waals surface area contributed by atoms with E-state index in [4.69, 9.17) is 0 Å². The molecule has 0 saturated heterocycles. The van der Waals surface area contributed by atoms with E-state index in [1.807, 2.05) is 0 Å². The van der Waals surface area contributed by atoms with Crippen LogP contribution in [0.4, 0.5) is 29.7 Å². The molecule has 4 N–H and O–H groups in total. The van der Waals surface area contributed by atoms with Crippen LogP contribution in [0.25, 0.3) is 0 Å². The summed E-state index contributed by atoms with van der Waals surface area (Å²) in [6, 6.07) is 16.3. The molecule has 3 aromatic carbocycles. The molecule has 8 heteroatoms. The number of carbonyl (C=O) groups excluding carboxylic acids is 2. The van der Waals surface area contributed by atoms with Gasteiger partial charge < -0.3 is 21.3 Å². The van der Waals surface area contributed by atoms with Gasteiger partial charge >= 0.3 is 12.1 Å². The largest absolute Gasteiger partial charge is 0.334 e. The SMILES string of the molecule is Cc1ccc(NC(=O)NCc2ccccc2F)cc1NC(=O)NCc1ccccc1F. The number of carbonyl (C=O) groups is 2. The van der Waals surface area contributed by atoms with Gasteiger partial charge in [0.15, 0.2) is 0 Å². The van der Waals surface area contributed by atoms with Crippen molar-refractivity contribution in [3.8, 4) is 0 Å². The van der Waals surface area contributed by atoms with E-state index >= 15 is 0 Å². The quantitative estimate of drug-likeness (QED) is 0.453. The van der Waals surface area contributed by atoms with Crippen molar-refractivity contribution in [2.24, 2.45) is 0 Å². The average molecular weight is 424 g/mol. The predicted molar refractivity (Wildman–Crippen MR) is 116 cm³/mol. The second-order valence-corrected chi connectivity index (χ2v) is 6.83. The number of nitrogens with one attached hydrogen (secondary N) is 4. The summed E-state index contributed by atoms with van der Waals surface area (Å²) in [6.45, 7) is 1.87. The molecule has 3 rings (SSSR count). The van der Waals surface area contributed by atoms with Crippen LogP contribution in [0.5, 0.6) is 0 Å². The van der Waals surface area contributed by atoms with Crippen LogP contribution < -0.4 is 21.3 Å². The van der Waals surface area contributed by atoms with E-state index in [0.717, 1.165) is 5.56 Å². The second-order valence-electron chi connectivity index (χ2n) is 6.83. The molecule has 0 aromatic heterocycles. The normalized spacial score (nSPS) is 10.3. The van der Waals surface area contributed by atoms with Crippen molar-refractivity contribution in [3.63, 3.8) is 0 Å². The number of rotatable bonds is 6. The molecule has 0 saturated carbocycles. The first-order valence-corrected chi connectivity index (χ1v) is 9.59. The first kappa shape index (κ1) is 21.8. The van der Waals surface area contributed by atoms with E-state index in [1.54, 1.807) is 61.5 Å². The standard InChI is InChI=1S/C23H22F2N4O2/c1-15-10-11-18(28-22(30)26-13-16-6-2-4-8-19(16)24)12-21(15)29-23(31)27-14-17-7-3-5-9-20(17)25/h2-12H,13-14H2,1H3,(H2,26,28,30)(H2,27,29,31). The summed E-state index contributed by atoms with van der Waals surface area (Å²) in [5.41, 5.74) is 2.45. The number of anilines is 2. The fourth-order valence-corrected chi connectivity index (χ4v) is 2.81. The van der Waals surface area contributed by atoms with Crippen molar-refractivity contribution in [3.05, 3.63) is 95.1 Å². The lowest BCUT2D eigenvalue weighted by Crippen LogP contribution is -2.29. The number of hydrogen-bond donors (Lipinski definition) is 4. The highest BCUT2D eigenvalue weighted by Gasteiger charge is 2.09. The van der Waals surface area contributed by atoms with Crippen LogP contribution in [0.2, 0.25) is 0 Å². The zero-order valence-corrected chi connectivity index (χ0v) is 16.8. The van der Waals surface area contributed by atoms with E-state index in [2.05, 4.69) is 21.3 Å². The minimum atomic E-state index is -0.512. The van der Waals surface area contributed by atoms with Crippen LogP contribution in [0, 0.1) is 18.6 Å². The van der Waals surface area contributed by atoms with Crippen molar-refractivity contribution >= 4 is 23.4 Å². The van der Waals surface area contributed by atoms with Gasteiger partial charge in [-0.3, -0.25) is 0 Å². The summed E-state index contributed by atoms with van der Waals surface area (Å²) >= 11 is 0. The average Bonchev–Trinajstić information content (AvgIpc) is 2.75. The van der Waals surface area contributed by atoms with E-state index in [1.165, 1.54) is 12.1 Å². The lowest BCUT2D eigenvalue weighted by molar-refractivity contribution is 0.251. The maximum atomic E-state index is 13.7. The van der Waals surface area contributed by atoms with Crippen LogP contribution in [0.3, 0.4) is 0 Å².